The van der Waals surface area contributed by atoms with Crippen LogP contribution in [0.3, 0.4) is 0 Å². The Morgan fingerprint density at radius 3 is 2.10 bits per heavy atom. The van der Waals surface area contributed by atoms with E-state index in [4.69, 9.17) is 0 Å². The second-order valence-corrected chi connectivity index (χ2v) is 8.19. The molecule has 0 atom stereocenters. The van der Waals surface area contributed by atoms with Crippen LogP contribution in [0.25, 0.3) is 0 Å². The molecule has 0 aromatic heterocycles. The molecule has 30 heavy (non-hydrogen) atoms. The normalized spacial score (nSPS) is 15.1. The highest BCUT2D eigenvalue weighted by Crippen LogP contribution is 2.26. The Morgan fingerprint density at radius 2 is 1.47 bits per heavy atom. The summed E-state index contributed by atoms with van der Waals surface area (Å²) >= 11 is 0. The van der Waals surface area contributed by atoms with Crippen molar-refractivity contribution in [2.45, 2.75) is 32.2 Å². The van der Waals surface area contributed by atoms with Gasteiger partial charge in [-0.2, -0.15) is 0 Å². The maximum Gasteiger partial charge on any atom is 0.258 e. The predicted molar refractivity (Wildman–Crippen MR) is 124 cm³/mol. The van der Waals surface area contributed by atoms with Gasteiger partial charge in [0, 0.05) is 36.9 Å². The predicted octanol–water partition coefficient (Wildman–Crippen LogP) is 5.35. The number of carbonyl (C=O) groups is 1. The van der Waals surface area contributed by atoms with Crippen molar-refractivity contribution in [2.24, 2.45) is 0 Å². The van der Waals surface area contributed by atoms with E-state index in [1.807, 2.05) is 66.4 Å². The zero-order chi connectivity index (χ0) is 20.8. The third-order valence-electron chi connectivity index (χ3n) is 6.03. The number of nitrogens with zero attached hydrogens (tertiary/aromatic N) is 2. The number of hydrogen-bond donors (Lipinski definition) is 0. The van der Waals surface area contributed by atoms with Crippen molar-refractivity contribution in [1.82, 2.24) is 4.90 Å². The maximum atomic E-state index is 13.5. The summed E-state index contributed by atoms with van der Waals surface area (Å²) in [5.41, 5.74) is 4.31. The third-order valence-corrected chi connectivity index (χ3v) is 6.03. The summed E-state index contributed by atoms with van der Waals surface area (Å²) in [5.74, 6) is 0.101. The second-order valence-electron chi connectivity index (χ2n) is 8.19. The van der Waals surface area contributed by atoms with Crippen LogP contribution in [0.4, 0.5) is 5.69 Å². The van der Waals surface area contributed by atoms with Crippen LogP contribution < -0.4 is 4.90 Å². The number of rotatable bonds is 6. The number of para-hydroxylation sites is 1. The number of carbonyl (C=O) groups excluding carboxylic acids is 1. The number of amides is 1. The van der Waals surface area contributed by atoms with Crippen LogP contribution >= 0.6 is 0 Å². The van der Waals surface area contributed by atoms with Crippen LogP contribution in [0.1, 0.15) is 34.3 Å². The smallest absolute Gasteiger partial charge is 0.258 e. The van der Waals surface area contributed by atoms with Gasteiger partial charge in [0.1, 0.15) is 0 Å². The average molecular weight is 399 g/mol. The Kier molecular flexibility index (Phi) is 6.60. The first-order chi connectivity index (χ1) is 14.7. The molecule has 3 nitrogen and oxygen atoms in total. The van der Waals surface area contributed by atoms with E-state index in [0.717, 1.165) is 50.1 Å². The number of piperidine rings is 1. The summed E-state index contributed by atoms with van der Waals surface area (Å²) < 4.78 is 0. The molecular weight excluding hydrogens is 368 g/mol. The number of likely N-dealkylation sites (tertiary alicyclic amines) is 1. The van der Waals surface area contributed by atoms with Crippen LogP contribution in [-0.2, 0) is 6.42 Å². The molecule has 4 rings (SSSR count). The molecule has 1 aliphatic heterocycles. The largest absolute Gasteiger partial charge is 0.305 e. The molecule has 3 aromatic carbocycles. The van der Waals surface area contributed by atoms with Crippen LogP contribution in [0.5, 0.6) is 0 Å². The molecule has 0 bridgehead atoms. The monoisotopic (exact) mass is 398 g/mol. The molecule has 0 N–H and O–H groups in total. The van der Waals surface area contributed by atoms with Crippen molar-refractivity contribution >= 4 is 11.6 Å². The molecule has 0 unspecified atom stereocenters. The summed E-state index contributed by atoms with van der Waals surface area (Å²) in [6.45, 7) is 5.19. The summed E-state index contributed by atoms with van der Waals surface area (Å²) in [6.07, 6.45) is 3.08. The second kappa shape index (κ2) is 9.73. The van der Waals surface area contributed by atoms with Crippen LogP contribution in [0, 0.1) is 6.92 Å². The standard InChI is InChI=1S/C27H30N2O/c1-22-12-14-24(15-13-22)27(30)29(25-10-6-3-7-11-25)26-17-20-28(21-18-26)19-16-23-8-4-2-5-9-23/h2-15,26H,16-21H2,1H3. The SMILES string of the molecule is Cc1ccc(C(=O)N(c2ccccc2)C2CCN(CCc3ccccc3)CC2)cc1. The minimum Gasteiger partial charge on any atom is -0.305 e. The molecule has 1 heterocycles. The van der Waals surface area contributed by atoms with Gasteiger partial charge in [-0.25, -0.2) is 0 Å². The van der Waals surface area contributed by atoms with E-state index in [9.17, 15) is 4.79 Å². The lowest BCUT2D eigenvalue weighted by molar-refractivity contribution is 0.0960. The molecule has 3 heteroatoms. The van der Waals surface area contributed by atoms with E-state index in [-0.39, 0.29) is 11.9 Å². The van der Waals surface area contributed by atoms with Crippen molar-refractivity contribution < 1.29 is 4.79 Å². The summed E-state index contributed by atoms with van der Waals surface area (Å²) in [5, 5.41) is 0. The minimum absolute atomic E-state index is 0.101. The Hall–Kier alpha value is -2.91. The lowest BCUT2D eigenvalue weighted by Crippen LogP contribution is -2.48. The molecule has 1 amide bonds. The molecule has 154 valence electrons. The van der Waals surface area contributed by atoms with Crippen molar-refractivity contribution in [2.75, 3.05) is 24.5 Å². The van der Waals surface area contributed by atoms with Gasteiger partial charge in [-0.15, -0.1) is 0 Å². The Balaban J connectivity index is 1.44. The van der Waals surface area contributed by atoms with Gasteiger partial charge in [0.25, 0.3) is 5.91 Å². The van der Waals surface area contributed by atoms with Gasteiger partial charge < -0.3 is 9.80 Å². The van der Waals surface area contributed by atoms with Crippen molar-refractivity contribution in [3.05, 3.63) is 102 Å². The van der Waals surface area contributed by atoms with Gasteiger partial charge in [-0.1, -0.05) is 66.2 Å². The van der Waals surface area contributed by atoms with Gasteiger partial charge in [0.05, 0.1) is 0 Å². The van der Waals surface area contributed by atoms with E-state index in [1.54, 1.807) is 0 Å². The van der Waals surface area contributed by atoms with Crippen molar-refractivity contribution in [3.63, 3.8) is 0 Å². The highest BCUT2D eigenvalue weighted by molar-refractivity contribution is 6.06. The summed E-state index contributed by atoms with van der Waals surface area (Å²) in [7, 11) is 0. The number of aryl methyl sites for hydroxylation is 1. The summed E-state index contributed by atoms with van der Waals surface area (Å²) in [4.78, 5) is 18.0. The van der Waals surface area contributed by atoms with Gasteiger partial charge in [-0.3, -0.25) is 4.79 Å². The molecule has 1 fully saturated rings. The van der Waals surface area contributed by atoms with Crippen LogP contribution in [-0.4, -0.2) is 36.5 Å². The first-order valence-corrected chi connectivity index (χ1v) is 10.9. The van der Waals surface area contributed by atoms with E-state index >= 15 is 0 Å². The Bertz CT molecular complexity index is 930. The minimum atomic E-state index is 0.101. The topological polar surface area (TPSA) is 23.6 Å². The lowest BCUT2D eigenvalue weighted by atomic mass is 10.00. The molecule has 0 aliphatic carbocycles. The first-order valence-electron chi connectivity index (χ1n) is 10.9. The van der Waals surface area contributed by atoms with Gasteiger partial charge in [0.2, 0.25) is 0 Å². The van der Waals surface area contributed by atoms with Crippen LogP contribution in [0.2, 0.25) is 0 Å². The van der Waals surface area contributed by atoms with E-state index in [0.29, 0.717) is 0 Å². The highest BCUT2D eigenvalue weighted by atomic mass is 16.2. The fourth-order valence-electron chi connectivity index (χ4n) is 4.25. The molecule has 0 radical (unpaired) electrons. The number of benzene rings is 3. The van der Waals surface area contributed by atoms with Crippen molar-refractivity contribution in [1.29, 1.82) is 0 Å². The van der Waals surface area contributed by atoms with Crippen LogP contribution in [0.15, 0.2) is 84.9 Å². The quantitative estimate of drug-likeness (QED) is 0.559. The molecule has 1 aliphatic rings. The number of anilines is 1. The molecule has 0 spiro atoms. The highest BCUT2D eigenvalue weighted by Gasteiger charge is 2.29. The van der Waals surface area contributed by atoms with Gasteiger partial charge >= 0.3 is 0 Å². The lowest BCUT2D eigenvalue weighted by Gasteiger charge is -2.38. The maximum absolute atomic E-state index is 13.5. The van der Waals surface area contributed by atoms with Gasteiger partial charge in [0.15, 0.2) is 0 Å². The molecular formula is C27H30N2O. The van der Waals surface area contributed by atoms with E-state index in [1.165, 1.54) is 11.1 Å². The Labute approximate surface area is 180 Å². The average Bonchev–Trinajstić information content (AvgIpc) is 2.80. The number of hydrogen-bond acceptors (Lipinski definition) is 2. The van der Waals surface area contributed by atoms with E-state index < -0.39 is 0 Å². The fraction of sp³-hybridized carbons (Fsp3) is 0.296. The molecule has 3 aromatic rings. The first kappa shape index (κ1) is 20.4. The van der Waals surface area contributed by atoms with Crippen molar-refractivity contribution in [3.8, 4) is 0 Å². The molecule has 1 saturated heterocycles. The van der Waals surface area contributed by atoms with E-state index in [2.05, 4.69) is 35.2 Å². The Morgan fingerprint density at radius 1 is 0.867 bits per heavy atom. The zero-order valence-corrected chi connectivity index (χ0v) is 17.7. The third kappa shape index (κ3) is 4.98. The fourth-order valence-corrected chi connectivity index (χ4v) is 4.25. The van der Waals surface area contributed by atoms with Gasteiger partial charge in [-0.05, 0) is 56.0 Å². The molecule has 0 saturated carbocycles. The summed E-state index contributed by atoms with van der Waals surface area (Å²) in [6, 6.07) is 29.0. The zero-order valence-electron chi connectivity index (χ0n) is 17.7.